The van der Waals surface area contributed by atoms with Crippen molar-refractivity contribution in [2.75, 3.05) is 0 Å². The van der Waals surface area contributed by atoms with Gasteiger partial charge in [0, 0.05) is 50.1 Å². The summed E-state index contributed by atoms with van der Waals surface area (Å²) in [5.41, 5.74) is 9.17. The topological polar surface area (TPSA) is 22.8 Å². The predicted octanol–water partition coefficient (Wildman–Crippen LogP) is 10.1. The third-order valence-corrected chi connectivity index (χ3v) is 8.55. The molecule has 3 heteroatoms. The Bertz CT molecular complexity index is 2420. The molecule has 0 aliphatic carbocycles. The van der Waals surface area contributed by atoms with Crippen LogP contribution in [0.5, 0.6) is 0 Å². The van der Waals surface area contributed by atoms with Crippen LogP contribution in [0.4, 0.5) is 0 Å². The molecule has 0 spiro atoms. The maximum absolute atomic E-state index is 4.82. The first-order chi connectivity index (χ1) is 20.8. The highest BCUT2D eigenvalue weighted by molar-refractivity contribution is 6.12. The van der Waals surface area contributed by atoms with Crippen LogP contribution in [-0.2, 0) is 0 Å². The lowest BCUT2D eigenvalue weighted by molar-refractivity contribution is 1.15. The summed E-state index contributed by atoms with van der Waals surface area (Å²) in [4.78, 5) is 4.82. The number of fused-ring (bicyclic) bond motifs is 7. The van der Waals surface area contributed by atoms with Crippen LogP contribution < -0.4 is 0 Å². The summed E-state index contributed by atoms with van der Waals surface area (Å²) in [6.45, 7) is 0. The molecule has 3 aromatic heterocycles. The molecular weight excluding hydrogens is 510 g/mol. The van der Waals surface area contributed by atoms with Gasteiger partial charge in [-0.2, -0.15) is 0 Å². The van der Waals surface area contributed by atoms with Gasteiger partial charge in [-0.25, -0.2) is 0 Å². The van der Waals surface area contributed by atoms with E-state index in [0.717, 1.165) is 28.0 Å². The number of para-hydroxylation sites is 3. The molecule has 0 saturated carbocycles. The average Bonchev–Trinajstić information content (AvgIpc) is 3.57. The molecule has 0 fully saturated rings. The Morgan fingerprint density at radius 2 is 0.929 bits per heavy atom. The van der Waals surface area contributed by atoms with Crippen molar-refractivity contribution in [2.45, 2.75) is 0 Å². The third kappa shape index (κ3) is 3.31. The first-order valence-corrected chi connectivity index (χ1v) is 14.3. The smallest absolute Gasteiger partial charge is 0.0781 e. The van der Waals surface area contributed by atoms with Crippen LogP contribution in [0.2, 0.25) is 0 Å². The van der Waals surface area contributed by atoms with Gasteiger partial charge in [-0.1, -0.05) is 97.1 Å². The molecule has 3 heterocycles. The van der Waals surface area contributed by atoms with E-state index in [0.29, 0.717) is 0 Å². The normalized spacial score (nSPS) is 11.8. The van der Waals surface area contributed by atoms with Gasteiger partial charge in [0.2, 0.25) is 0 Å². The molecule has 0 unspecified atom stereocenters. The van der Waals surface area contributed by atoms with Gasteiger partial charge in [0.1, 0.15) is 0 Å². The fourth-order valence-electron chi connectivity index (χ4n) is 6.72. The molecule has 0 N–H and O–H groups in total. The molecule has 6 aromatic carbocycles. The van der Waals surface area contributed by atoms with Gasteiger partial charge in [-0.15, -0.1) is 0 Å². The van der Waals surface area contributed by atoms with Gasteiger partial charge in [0.25, 0.3) is 0 Å². The van der Waals surface area contributed by atoms with Crippen LogP contribution >= 0.6 is 0 Å². The molecule has 0 amide bonds. The van der Waals surface area contributed by atoms with Gasteiger partial charge >= 0.3 is 0 Å². The van der Waals surface area contributed by atoms with Gasteiger partial charge < -0.3 is 9.13 Å². The van der Waals surface area contributed by atoms with Gasteiger partial charge in [0.15, 0.2) is 0 Å². The second-order valence-electron chi connectivity index (χ2n) is 10.9. The molecule has 0 aliphatic rings. The average molecular weight is 536 g/mol. The maximum atomic E-state index is 4.82. The summed E-state index contributed by atoms with van der Waals surface area (Å²) in [6, 6.07) is 52.3. The van der Waals surface area contributed by atoms with Crippen molar-refractivity contribution in [2.24, 2.45) is 0 Å². The maximum Gasteiger partial charge on any atom is 0.0781 e. The van der Waals surface area contributed by atoms with E-state index in [1.165, 1.54) is 49.0 Å². The summed E-state index contributed by atoms with van der Waals surface area (Å²) >= 11 is 0. The minimum atomic E-state index is 1.00. The Hall–Kier alpha value is -5.67. The van der Waals surface area contributed by atoms with Crippen LogP contribution in [-0.4, -0.2) is 14.1 Å². The van der Waals surface area contributed by atoms with E-state index in [4.69, 9.17) is 4.98 Å². The van der Waals surface area contributed by atoms with Crippen LogP contribution in [0.3, 0.4) is 0 Å². The predicted molar refractivity (Wildman–Crippen MR) is 176 cm³/mol. The van der Waals surface area contributed by atoms with Crippen molar-refractivity contribution in [1.82, 2.24) is 14.1 Å². The Kier molecular flexibility index (Phi) is 4.90. The molecule has 0 radical (unpaired) electrons. The van der Waals surface area contributed by atoms with Crippen molar-refractivity contribution in [3.8, 4) is 22.6 Å². The zero-order valence-electron chi connectivity index (χ0n) is 22.8. The standard InChI is InChI=1S/C39H25N3/c1-2-13-30-26(10-1)22-23-40-39(30)27-11-9-12-28(24-27)42-37-19-8-5-16-33(37)34-21-20-29(25-38(34)42)41-35-17-6-3-14-31(35)32-15-4-7-18-36(32)41/h1-25H. The first kappa shape index (κ1) is 23.1. The number of pyridine rings is 1. The van der Waals surface area contributed by atoms with Crippen molar-refractivity contribution in [3.63, 3.8) is 0 Å². The summed E-state index contributed by atoms with van der Waals surface area (Å²) < 4.78 is 4.79. The molecule has 0 aliphatic heterocycles. The third-order valence-electron chi connectivity index (χ3n) is 8.55. The molecule has 0 atom stereocenters. The van der Waals surface area contributed by atoms with Gasteiger partial charge in [-0.05, 0) is 53.9 Å². The van der Waals surface area contributed by atoms with E-state index in [1.54, 1.807) is 0 Å². The quantitative estimate of drug-likeness (QED) is 0.221. The van der Waals surface area contributed by atoms with Gasteiger partial charge in [-0.3, -0.25) is 4.98 Å². The van der Waals surface area contributed by atoms with E-state index in [9.17, 15) is 0 Å². The van der Waals surface area contributed by atoms with E-state index in [-0.39, 0.29) is 0 Å². The SMILES string of the molecule is c1cc(-c2nccc3ccccc23)cc(-n2c3ccccc3c3ccc(-n4c5ccccc5c5ccccc54)cc32)c1. The fraction of sp³-hybridized carbons (Fsp3) is 0. The highest BCUT2D eigenvalue weighted by atomic mass is 15.0. The number of nitrogens with zero attached hydrogens (tertiary/aromatic N) is 3. The summed E-state index contributed by atoms with van der Waals surface area (Å²) in [5, 5.41) is 7.38. The second kappa shape index (κ2) is 8.92. The minimum absolute atomic E-state index is 1.00. The number of aromatic nitrogens is 3. The second-order valence-corrected chi connectivity index (χ2v) is 10.9. The Labute approximate surface area is 242 Å². The Morgan fingerprint density at radius 1 is 0.381 bits per heavy atom. The van der Waals surface area contributed by atoms with Crippen molar-refractivity contribution in [3.05, 3.63) is 152 Å². The minimum Gasteiger partial charge on any atom is -0.309 e. The van der Waals surface area contributed by atoms with Gasteiger partial charge in [0.05, 0.1) is 27.8 Å². The largest absolute Gasteiger partial charge is 0.309 e. The lowest BCUT2D eigenvalue weighted by atomic mass is 10.0. The van der Waals surface area contributed by atoms with E-state index in [2.05, 4.69) is 155 Å². The fourth-order valence-corrected chi connectivity index (χ4v) is 6.72. The van der Waals surface area contributed by atoms with Crippen molar-refractivity contribution in [1.29, 1.82) is 0 Å². The summed E-state index contributed by atoms with van der Waals surface area (Å²) in [5.74, 6) is 0. The zero-order chi connectivity index (χ0) is 27.6. The zero-order valence-corrected chi connectivity index (χ0v) is 22.8. The number of benzene rings is 6. The van der Waals surface area contributed by atoms with Crippen molar-refractivity contribution >= 4 is 54.4 Å². The first-order valence-electron chi connectivity index (χ1n) is 14.3. The molecule has 3 nitrogen and oxygen atoms in total. The Morgan fingerprint density at radius 3 is 1.62 bits per heavy atom. The molecule has 9 rings (SSSR count). The number of hydrogen-bond donors (Lipinski definition) is 0. The van der Waals surface area contributed by atoms with Crippen LogP contribution in [0, 0.1) is 0 Å². The van der Waals surface area contributed by atoms with Crippen molar-refractivity contribution < 1.29 is 0 Å². The van der Waals surface area contributed by atoms with E-state index < -0.39 is 0 Å². The number of hydrogen-bond acceptors (Lipinski definition) is 1. The summed E-state index contributed by atoms with van der Waals surface area (Å²) in [6.07, 6.45) is 1.91. The molecule has 42 heavy (non-hydrogen) atoms. The molecule has 0 saturated heterocycles. The monoisotopic (exact) mass is 535 g/mol. The Balaban J connectivity index is 1.32. The molecule has 9 aromatic rings. The lowest BCUT2D eigenvalue weighted by Crippen LogP contribution is -1.97. The van der Waals surface area contributed by atoms with Crippen LogP contribution in [0.15, 0.2) is 152 Å². The summed E-state index contributed by atoms with van der Waals surface area (Å²) in [7, 11) is 0. The van der Waals surface area contributed by atoms with Crippen LogP contribution in [0.1, 0.15) is 0 Å². The van der Waals surface area contributed by atoms with E-state index in [1.807, 2.05) is 6.20 Å². The molecule has 196 valence electrons. The lowest BCUT2D eigenvalue weighted by Gasteiger charge is -2.13. The molecular formula is C39H25N3. The highest BCUT2D eigenvalue weighted by Gasteiger charge is 2.17. The van der Waals surface area contributed by atoms with Crippen LogP contribution in [0.25, 0.3) is 77.0 Å². The number of rotatable bonds is 3. The highest BCUT2D eigenvalue weighted by Crippen LogP contribution is 2.37. The molecule has 0 bridgehead atoms. The van der Waals surface area contributed by atoms with E-state index >= 15 is 0 Å².